The Balaban J connectivity index is 1.56. The molecule has 1 atom stereocenters. The van der Waals surface area contributed by atoms with Gasteiger partial charge in [0.05, 0.1) is 11.6 Å². The Hall–Kier alpha value is -4.19. The third-order valence-corrected chi connectivity index (χ3v) is 6.35. The van der Waals surface area contributed by atoms with Gasteiger partial charge in [0.2, 0.25) is 0 Å². The number of hydrogen-bond acceptors (Lipinski definition) is 3. The van der Waals surface area contributed by atoms with E-state index >= 15 is 0 Å². The minimum atomic E-state index is -0.813. The molecule has 2 heterocycles. The van der Waals surface area contributed by atoms with E-state index in [0.29, 0.717) is 17.5 Å². The van der Waals surface area contributed by atoms with Crippen LogP contribution >= 0.6 is 0 Å². The Morgan fingerprint density at radius 1 is 1.00 bits per heavy atom. The number of hydrogen-bond donors (Lipinski definition) is 2. The molecule has 1 saturated heterocycles. The fraction of sp³-hybridized carbons (Fsp3) is 0.143. The number of carbonyl (C=O) groups is 2. The monoisotopic (exact) mass is 454 g/mol. The molecule has 34 heavy (non-hydrogen) atoms. The second-order valence-electron chi connectivity index (χ2n) is 8.52. The zero-order valence-corrected chi connectivity index (χ0v) is 18.6. The molecule has 6 heteroatoms. The van der Waals surface area contributed by atoms with Crippen LogP contribution in [-0.4, -0.2) is 33.2 Å². The summed E-state index contributed by atoms with van der Waals surface area (Å²) in [7, 11) is 0. The smallest absolute Gasteiger partial charge is 0.295 e. The lowest BCUT2D eigenvalue weighted by atomic mass is 9.95. The van der Waals surface area contributed by atoms with Crippen molar-refractivity contribution in [2.75, 3.05) is 6.54 Å². The number of aryl methyl sites for hydroxylation is 1. The number of aliphatic hydroxyl groups excluding tert-OH is 1. The van der Waals surface area contributed by atoms with E-state index in [4.69, 9.17) is 0 Å². The fourth-order valence-corrected chi connectivity index (χ4v) is 4.55. The number of aliphatic hydroxyl groups is 1. The molecule has 4 aromatic rings. The normalized spacial score (nSPS) is 17.6. The number of aromatic nitrogens is 1. The highest BCUT2D eigenvalue weighted by atomic mass is 19.1. The van der Waals surface area contributed by atoms with Crippen LogP contribution in [0.25, 0.3) is 16.7 Å². The van der Waals surface area contributed by atoms with Gasteiger partial charge in [-0.25, -0.2) is 4.39 Å². The molecule has 1 aliphatic rings. The van der Waals surface area contributed by atoms with Gasteiger partial charge in [0.25, 0.3) is 11.7 Å². The van der Waals surface area contributed by atoms with Crippen LogP contribution in [-0.2, 0) is 16.0 Å². The van der Waals surface area contributed by atoms with E-state index in [1.807, 2.05) is 49.5 Å². The molecule has 0 radical (unpaired) electrons. The number of carbonyl (C=O) groups excluding carboxylic acids is 2. The minimum Gasteiger partial charge on any atom is -0.507 e. The number of nitrogens with one attached hydrogen (secondary N) is 1. The first-order chi connectivity index (χ1) is 16.4. The van der Waals surface area contributed by atoms with Crippen LogP contribution in [0.2, 0.25) is 0 Å². The largest absolute Gasteiger partial charge is 0.507 e. The molecule has 0 saturated carbocycles. The summed E-state index contributed by atoms with van der Waals surface area (Å²) in [6, 6.07) is 19.8. The molecule has 0 aliphatic carbocycles. The maximum Gasteiger partial charge on any atom is 0.295 e. The van der Waals surface area contributed by atoms with Gasteiger partial charge in [-0.2, -0.15) is 0 Å². The lowest BCUT2D eigenvalue weighted by Crippen LogP contribution is -2.31. The molecule has 5 nitrogen and oxygen atoms in total. The number of ketones is 1. The summed E-state index contributed by atoms with van der Waals surface area (Å²) >= 11 is 0. The first-order valence-corrected chi connectivity index (χ1v) is 11.1. The Labute approximate surface area is 196 Å². The second kappa shape index (κ2) is 8.63. The van der Waals surface area contributed by atoms with Gasteiger partial charge in [-0.05, 0) is 42.7 Å². The third-order valence-electron chi connectivity index (χ3n) is 6.35. The molecule has 1 fully saturated rings. The van der Waals surface area contributed by atoms with Gasteiger partial charge in [-0.3, -0.25) is 9.59 Å². The summed E-state index contributed by atoms with van der Waals surface area (Å²) in [5, 5.41) is 12.2. The summed E-state index contributed by atoms with van der Waals surface area (Å²) in [4.78, 5) is 31.0. The van der Waals surface area contributed by atoms with Crippen LogP contribution in [0.15, 0.2) is 84.6 Å². The summed E-state index contributed by atoms with van der Waals surface area (Å²) in [5.41, 5.74) is 4.05. The van der Waals surface area contributed by atoms with Crippen molar-refractivity contribution in [3.63, 3.8) is 0 Å². The van der Waals surface area contributed by atoms with Gasteiger partial charge in [0.15, 0.2) is 0 Å². The van der Waals surface area contributed by atoms with E-state index in [1.165, 1.54) is 17.0 Å². The Kier molecular flexibility index (Phi) is 5.49. The quantitative estimate of drug-likeness (QED) is 0.245. The first-order valence-electron chi connectivity index (χ1n) is 11.1. The van der Waals surface area contributed by atoms with Crippen molar-refractivity contribution in [2.24, 2.45) is 0 Å². The second-order valence-corrected chi connectivity index (χ2v) is 8.52. The summed E-state index contributed by atoms with van der Waals surface area (Å²) in [6.07, 6.45) is 2.42. The number of nitrogens with zero attached hydrogens (tertiary/aromatic N) is 1. The number of H-pyrrole nitrogens is 1. The van der Waals surface area contributed by atoms with Crippen LogP contribution < -0.4 is 0 Å². The molecule has 3 aromatic carbocycles. The van der Waals surface area contributed by atoms with Crippen LogP contribution in [0.1, 0.15) is 28.3 Å². The summed E-state index contributed by atoms with van der Waals surface area (Å²) in [5.74, 6) is -2.07. The fourth-order valence-electron chi connectivity index (χ4n) is 4.55. The molecule has 170 valence electrons. The van der Waals surface area contributed by atoms with Gasteiger partial charge in [-0.15, -0.1) is 0 Å². The number of para-hydroxylation sites is 1. The number of aromatic amines is 1. The van der Waals surface area contributed by atoms with Gasteiger partial charge >= 0.3 is 0 Å². The highest BCUT2D eigenvalue weighted by Gasteiger charge is 2.45. The minimum absolute atomic E-state index is 0.0133. The van der Waals surface area contributed by atoms with Gasteiger partial charge in [-0.1, -0.05) is 60.2 Å². The van der Waals surface area contributed by atoms with E-state index in [0.717, 1.165) is 22.0 Å². The zero-order valence-electron chi connectivity index (χ0n) is 18.6. The standard InChI is InChI=1S/C28H23FN2O3/c1-17-6-8-19(9-7-17)26(32)24-25(18-10-12-21(29)13-11-18)31(28(34)27(24)33)15-14-20-16-30-23-5-3-2-4-22(20)23/h2-13,16,25,30,32H,14-15H2,1H3/t25-/m1/s1. The molecule has 0 spiro atoms. The van der Waals surface area contributed by atoms with E-state index in [1.54, 1.807) is 24.3 Å². The number of fused-ring (bicyclic) bond motifs is 1. The third kappa shape index (κ3) is 3.77. The van der Waals surface area contributed by atoms with E-state index in [-0.39, 0.29) is 17.9 Å². The molecule has 5 rings (SSSR count). The molecule has 2 N–H and O–H groups in total. The highest BCUT2D eigenvalue weighted by molar-refractivity contribution is 6.46. The Morgan fingerprint density at radius 3 is 2.44 bits per heavy atom. The topological polar surface area (TPSA) is 73.4 Å². The average Bonchev–Trinajstić information content (AvgIpc) is 3.37. The number of amides is 1. The van der Waals surface area contributed by atoms with Crippen molar-refractivity contribution >= 4 is 28.4 Å². The van der Waals surface area contributed by atoms with Crippen LogP contribution in [0.5, 0.6) is 0 Å². The lowest BCUT2D eigenvalue weighted by Gasteiger charge is -2.25. The van der Waals surface area contributed by atoms with E-state index in [2.05, 4.69) is 4.98 Å². The summed E-state index contributed by atoms with van der Waals surface area (Å²) < 4.78 is 13.7. The number of halogens is 1. The molecule has 1 aliphatic heterocycles. The summed E-state index contributed by atoms with van der Waals surface area (Å²) in [6.45, 7) is 2.19. The van der Waals surface area contributed by atoms with Gasteiger partial charge < -0.3 is 15.0 Å². The van der Waals surface area contributed by atoms with Gasteiger partial charge in [0.1, 0.15) is 11.6 Å². The average molecular weight is 455 g/mol. The highest BCUT2D eigenvalue weighted by Crippen LogP contribution is 2.39. The van der Waals surface area contributed by atoms with E-state index < -0.39 is 23.5 Å². The number of benzene rings is 3. The van der Waals surface area contributed by atoms with Gasteiger partial charge in [0, 0.05) is 29.2 Å². The first kappa shape index (κ1) is 21.6. The maximum absolute atomic E-state index is 13.7. The lowest BCUT2D eigenvalue weighted by molar-refractivity contribution is -0.139. The van der Waals surface area contributed by atoms with Crippen molar-refractivity contribution in [1.29, 1.82) is 0 Å². The van der Waals surface area contributed by atoms with Crippen molar-refractivity contribution < 1.29 is 19.1 Å². The molecule has 0 bridgehead atoms. The zero-order chi connectivity index (χ0) is 23.8. The predicted molar refractivity (Wildman–Crippen MR) is 129 cm³/mol. The van der Waals surface area contributed by atoms with Crippen molar-refractivity contribution in [3.8, 4) is 0 Å². The molecule has 0 unspecified atom stereocenters. The molecular weight excluding hydrogens is 431 g/mol. The predicted octanol–water partition coefficient (Wildman–Crippen LogP) is 5.28. The van der Waals surface area contributed by atoms with Crippen molar-refractivity contribution in [3.05, 3.63) is 113 Å². The molecule has 1 amide bonds. The number of rotatable bonds is 5. The van der Waals surface area contributed by atoms with E-state index in [9.17, 15) is 19.1 Å². The van der Waals surface area contributed by atoms with Crippen molar-refractivity contribution in [2.45, 2.75) is 19.4 Å². The Morgan fingerprint density at radius 2 is 1.71 bits per heavy atom. The van der Waals surface area contributed by atoms with Crippen LogP contribution in [0.4, 0.5) is 4.39 Å². The number of likely N-dealkylation sites (tertiary alicyclic amines) is 1. The SMILES string of the molecule is Cc1ccc(C(O)=C2C(=O)C(=O)N(CCc3c[nH]c4ccccc34)[C@@H]2c2ccc(F)cc2)cc1. The maximum atomic E-state index is 13.7. The molecular formula is C28H23FN2O3. The number of Topliss-reactive ketones (excluding diaryl/α,β-unsaturated/α-hetero) is 1. The van der Waals surface area contributed by atoms with Crippen LogP contribution in [0, 0.1) is 12.7 Å². The molecule has 1 aromatic heterocycles. The van der Waals surface area contributed by atoms with Crippen molar-refractivity contribution in [1.82, 2.24) is 9.88 Å². The van der Waals surface area contributed by atoms with Crippen LogP contribution in [0.3, 0.4) is 0 Å². The Bertz CT molecular complexity index is 1420.